The van der Waals surface area contributed by atoms with Crippen molar-refractivity contribution in [3.8, 4) is 0 Å². The minimum atomic E-state index is -0.847. The topological polar surface area (TPSA) is 29.5 Å². The predicted octanol–water partition coefficient (Wildman–Crippen LogP) is 7.13. The molecule has 0 radical (unpaired) electrons. The largest absolute Gasteiger partial charge is 0.396 e. The van der Waals surface area contributed by atoms with E-state index in [2.05, 4.69) is 34.6 Å². The van der Waals surface area contributed by atoms with Crippen molar-refractivity contribution < 1.29 is 18.6 Å². The molecule has 1 aromatic rings. The zero-order chi connectivity index (χ0) is 22.7. The highest BCUT2D eigenvalue weighted by molar-refractivity contribution is 5.29. The molecule has 174 valence electrons. The van der Waals surface area contributed by atoms with E-state index in [9.17, 15) is 13.9 Å². The lowest BCUT2D eigenvalue weighted by Gasteiger charge is -2.23. The van der Waals surface area contributed by atoms with Crippen molar-refractivity contribution in [1.82, 2.24) is 0 Å². The molecule has 0 saturated heterocycles. The van der Waals surface area contributed by atoms with Gasteiger partial charge in [0, 0.05) is 13.0 Å². The van der Waals surface area contributed by atoms with Crippen LogP contribution in [-0.4, -0.2) is 25.4 Å². The van der Waals surface area contributed by atoms with E-state index in [-0.39, 0.29) is 18.8 Å². The van der Waals surface area contributed by atoms with Crippen molar-refractivity contribution in [1.29, 1.82) is 0 Å². The van der Waals surface area contributed by atoms with Gasteiger partial charge in [0.1, 0.15) is 0 Å². The van der Waals surface area contributed by atoms with Gasteiger partial charge >= 0.3 is 0 Å². The van der Waals surface area contributed by atoms with Gasteiger partial charge in [-0.05, 0) is 47.6 Å². The second-order valence-corrected chi connectivity index (χ2v) is 9.54. The number of hydrogen-bond acceptors (Lipinski definition) is 2. The number of rotatable bonds is 15. The van der Waals surface area contributed by atoms with Gasteiger partial charge in [0.15, 0.2) is 11.6 Å². The number of benzene rings is 1. The van der Waals surface area contributed by atoms with E-state index in [1.165, 1.54) is 32.8 Å². The highest BCUT2D eigenvalue weighted by atomic mass is 19.2. The lowest BCUT2D eigenvalue weighted by Crippen LogP contribution is -2.14. The molecule has 0 bridgehead atoms. The number of halogens is 2. The molecule has 2 nitrogen and oxygen atoms in total. The van der Waals surface area contributed by atoms with Crippen LogP contribution in [0.1, 0.15) is 90.2 Å². The van der Waals surface area contributed by atoms with Gasteiger partial charge in [0.2, 0.25) is 0 Å². The maximum atomic E-state index is 14.6. The van der Waals surface area contributed by atoms with Crippen LogP contribution in [0.5, 0.6) is 0 Å². The van der Waals surface area contributed by atoms with Crippen LogP contribution in [0.2, 0.25) is 0 Å². The zero-order valence-corrected chi connectivity index (χ0v) is 20.0. The van der Waals surface area contributed by atoms with Gasteiger partial charge in [-0.3, -0.25) is 0 Å². The summed E-state index contributed by atoms with van der Waals surface area (Å²) in [7, 11) is 1.49. The van der Waals surface area contributed by atoms with Crippen molar-refractivity contribution in [2.24, 2.45) is 23.7 Å². The molecule has 0 amide bonds. The summed E-state index contributed by atoms with van der Waals surface area (Å²) in [6, 6.07) is 3.26. The maximum absolute atomic E-state index is 14.6. The molecule has 1 N–H and O–H groups in total. The number of methoxy groups -OCH3 is 1. The average molecular weight is 427 g/mol. The predicted molar refractivity (Wildman–Crippen MR) is 122 cm³/mol. The fourth-order valence-corrected chi connectivity index (χ4v) is 3.97. The second-order valence-electron chi connectivity index (χ2n) is 9.54. The molecule has 1 aromatic carbocycles. The Hall–Kier alpha value is -1.00. The van der Waals surface area contributed by atoms with E-state index in [1.54, 1.807) is 12.1 Å². The van der Waals surface area contributed by atoms with E-state index in [0.717, 1.165) is 24.7 Å². The molecule has 0 heterocycles. The Kier molecular flexibility index (Phi) is 12.7. The summed E-state index contributed by atoms with van der Waals surface area (Å²) in [6.45, 7) is 11.4. The van der Waals surface area contributed by atoms with Crippen LogP contribution in [0.15, 0.2) is 12.1 Å². The van der Waals surface area contributed by atoms with Gasteiger partial charge in [-0.15, -0.1) is 0 Å². The summed E-state index contributed by atoms with van der Waals surface area (Å²) in [5, 5.41) is 9.42. The van der Waals surface area contributed by atoms with Crippen molar-refractivity contribution in [2.75, 3.05) is 20.3 Å². The van der Waals surface area contributed by atoms with Crippen LogP contribution in [-0.2, 0) is 11.2 Å². The molecule has 0 fully saturated rings. The molecular weight excluding hydrogens is 382 g/mol. The third-order valence-electron chi connectivity index (χ3n) is 7.02. The van der Waals surface area contributed by atoms with E-state index in [1.807, 2.05) is 0 Å². The number of aryl methyl sites for hydroxylation is 1. The van der Waals surface area contributed by atoms with Gasteiger partial charge in [-0.1, -0.05) is 78.9 Å². The van der Waals surface area contributed by atoms with Crippen LogP contribution in [0.3, 0.4) is 0 Å². The fraction of sp³-hybridized carbons (Fsp3) is 0.769. The standard InChI is InChI=1S/C26H44F2O2/c1-7-18(2)8-11-20(4)21(5)12-9-19(3)10-13-22-14-15-24(26(28)25(22)27)23(16-29)17-30-6/h14-15,18-21,23,29H,7-13,16-17H2,1-6H3. The Labute approximate surface area is 183 Å². The third-order valence-corrected chi connectivity index (χ3v) is 7.02. The van der Waals surface area contributed by atoms with Crippen molar-refractivity contribution in [3.05, 3.63) is 34.9 Å². The molecule has 4 heteroatoms. The van der Waals surface area contributed by atoms with Crippen LogP contribution < -0.4 is 0 Å². The summed E-state index contributed by atoms with van der Waals surface area (Å²) < 4.78 is 34.1. The first kappa shape index (κ1) is 27.0. The monoisotopic (exact) mass is 426 g/mol. The summed E-state index contributed by atoms with van der Waals surface area (Å²) in [5.41, 5.74) is 0.612. The number of aliphatic hydroxyl groups is 1. The Balaban J connectivity index is 2.52. The summed E-state index contributed by atoms with van der Waals surface area (Å²) in [4.78, 5) is 0. The number of ether oxygens (including phenoxy) is 1. The minimum absolute atomic E-state index is 0.164. The Morgan fingerprint density at radius 1 is 0.867 bits per heavy atom. The van der Waals surface area contributed by atoms with Gasteiger partial charge in [0.25, 0.3) is 0 Å². The fourth-order valence-electron chi connectivity index (χ4n) is 3.97. The highest BCUT2D eigenvalue weighted by Crippen LogP contribution is 2.28. The first-order valence-electron chi connectivity index (χ1n) is 11.8. The molecule has 0 spiro atoms. The van der Waals surface area contributed by atoms with Crippen molar-refractivity contribution in [3.63, 3.8) is 0 Å². The average Bonchev–Trinajstić information content (AvgIpc) is 2.75. The Bertz CT molecular complexity index is 605. The SMILES string of the molecule is CCC(C)CCC(C)C(C)CCC(C)CCc1ccc(C(CO)COC)c(F)c1F. The van der Waals surface area contributed by atoms with E-state index >= 15 is 0 Å². The molecule has 30 heavy (non-hydrogen) atoms. The number of hydrogen-bond donors (Lipinski definition) is 1. The molecule has 1 rings (SSSR count). The van der Waals surface area contributed by atoms with E-state index < -0.39 is 17.6 Å². The molecule has 0 aliphatic carbocycles. The zero-order valence-electron chi connectivity index (χ0n) is 20.0. The second kappa shape index (κ2) is 14.1. The lowest BCUT2D eigenvalue weighted by atomic mass is 9.83. The smallest absolute Gasteiger partial charge is 0.162 e. The van der Waals surface area contributed by atoms with Crippen LogP contribution in [0, 0.1) is 35.3 Å². The number of aliphatic hydroxyl groups excluding tert-OH is 1. The minimum Gasteiger partial charge on any atom is -0.396 e. The van der Waals surface area contributed by atoms with Crippen molar-refractivity contribution >= 4 is 0 Å². The van der Waals surface area contributed by atoms with Crippen LogP contribution in [0.25, 0.3) is 0 Å². The van der Waals surface area contributed by atoms with E-state index in [4.69, 9.17) is 4.74 Å². The van der Waals surface area contributed by atoms with Gasteiger partial charge < -0.3 is 9.84 Å². The van der Waals surface area contributed by atoms with E-state index in [0.29, 0.717) is 23.8 Å². The van der Waals surface area contributed by atoms with Gasteiger partial charge in [0.05, 0.1) is 13.2 Å². The summed E-state index contributed by atoms with van der Waals surface area (Å²) >= 11 is 0. The van der Waals surface area contributed by atoms with Crippen molar-refractivity contribution in [2.45, 2.75) is 85.5 Å². The Morgan fingerprint density at radius 3 is 2.00 bits per heavy atom. The first-order chi connectivity index (χ1) is 14.2. The highest BCUT2D eigenvalue weighted by Gasteiger charge is 2.21. The molecule has 0 aliphatic rings. The summed E-state index contributed by atoms with van der Waals surface area (Å²) in [6.07, 6.45) is 7.55. The molecule has 5 atom stereocenters. The third kappa shape index (κ3) is 8.63. The molecule has 0 aromatic heterocycles. The molecule has 5 unspecified atom stereocenters. The van der Waals surface area contributed by atoms with Gasteiger partial charge in [-0.25, -0.2) is 8.78 Å². The first-order valence-corrected chi connectivity index (χ1v) is 11.8. The Morgan fingerprint density at radius 2 is 1.47 bits per heavy atom. The molecule has 0 saturated carbocycles. The van der Waals surface area contributed by atoms with Crippen LogP contribution >= 0.6 is 0 Å². The molecular formula is C26H44F2O2. The summed E-state index contributed by atoms with van der Waals surface area (Å²) in [5.74, 6) is 0.554. The lowest BCUT2D eigenvalue weighted by molar-refractivity contribution is 0.142. The quantitative estimate of drug-likeness (QED) is 0.323. The normalized spacial score (nSPS) is 16.8. The van der Waals surface area contributed by atoms with Crippen LogP contribution in [0.4, 0.5) is 8.78 Å². The van der Waals surface area contributed by atoms with Gasteiger partial charge in [-0.2, -0.15) is 0 Å². The molecule has 0 aliphatic heterocycles. The maximum Gasteiger partial charge on any atom is 0.162 e.